The summed E-state index contributed by atoms with van der Waals surface area (Å²) >= 11 is 5.68. The highest BCUT2D eigenvalue weighted by Crippen LogP contribution is 2.19. The Hall–Kier alpha value is -2.14. The summed E-state index contributed by atoms with van der Waals surface area (Å²) in [5.41, 5.74) is 1.03. The van der Waals surface area contributed by atoms with Gasteiger partial charge >= 0.3 is 0 Å². The number of hydrogen-bond donors (Lipinski definition) is 2. The number of rotatable bonds is 2. The topological polar surface area (TPSA) is 75.1 Å². The molecule has 2 aromatic rings. The highest BCUT2D eigenvalue weighted by atomic mass is 35.5. The summed E-state index contributed by atoms with van der Waals surface area (Å²) in [5, 5.41) is 12.3. The average molecular weight is 264 g/mol. The molecule has 18 heavy (non-hydrogen) atoms. The number of phenolic OH excluding ortho intramolecular Hbond substituents is 1. The van der Waals surface area contributed by atoms with Crippen LogP contribution in [0.1, 0.15) is 15.9 Å². The molecule has 0 saturated carbocycles. The molecule has 0 saturated heterocycles. The van der Waals surface area contributed by atoms with Crippen LogP contribution in [0, 0.1) is 6.92 Å². The van der Waals surface area contributed by atoms with Gasteiger partial charge in [0.15, 0.2) is 0 Å². The van der Waals surface area contributed by atoms with Gasteiger partial charge in [0.25, 0.3) is 5.91 Å². The molecule has 0 unspecified atom stereocenters. The minimum absolute atomic E-state index is 0.0911. The lowest BCUT2D eigenvalue weighted by atomic mass is 10.1. The highest BCUT2D eigenvalue weighted by Gasteiger charge is 2.12. The van der Waals surface area contributed by atoms with E-state index in [9.17, 15) is 9.90 Å². The number of carbonyl (C=O) groups excluding carboxylic acids is 1. The summed E-state index contributed by atoms with van der Waals surface area (Å²) in [4.78, 5) is 19.6. The van der Waals surface area contributed by atoms with Crippen molar-refractivity contribution in [2.24, 2.45) is 0 Å². The first-order chi connectivity index (χ1) is 8.56. The lowest BCUT2D eigenvalue weighted by Crippen LogP contribution is -2.14. The quantitative estimate of drug-likeness (QED) is 0.816. The van der Waals surface area contributed by atoms with Crippen LogP contribution in [-0.4, -0.2) is 21.0 Å². The van der Waals surface area contributed by atoms with E-state index in [4.69, 9.17) is 11.6 Å². The standard InChI is InChI=1S/C12H10ClN3O2/c1-7-2-3-9(17)8(6-7)11(18)16-12-14-5-4-10(13)15-12/h2-6,17H,1H3,(H,14,15,16,18). The van der Waals surface area contributed by atoms with Crippen LogP contribution in [0.3, 0.4) is 0 Å². The van der Waals surface area contributed by atoms with E-state index in [2.05, 4.69) is 15.3 Å². The Morgan fingerprint density at radius 1 is 1.39 bits per heavy atom. The van der Waals surface area contributed by atoms with Gasteiger partial charge in [0.1, 0.15) is 10.9 Å². The van der Waals surface area contributed by atoms with Gasteiger partial charge in [-0.15, -0.1) is 0 Å². The number of anilines is 1. The molecule has 0 aliphatic carbocycles. The molecule has 0 atom stereocenters. The van der Waals surface area contributed by atoms with Crippen LogP contribution < -0.4 is 5.32 Å². The second kappa shape index (κ2) is 5.01. The normalized spacial score (nSPS) is 10.1. The smallest absolute Gasteiger partial charge is 0.261 e. The van der Waals surface area contributed by atoms with Gasteiger partial charge in [-0.1, -0.05) is 23.2 Å². The first-order valence-electron chi connectivity index (χ1n) is 5.16. The Kier molecular flexibility index (Phi) is 3.43. The van der Waals surface area contributed by atoms with E-state index in [1.807, 2.05) is 6.92 Å². The minimum Gasteiger partial charge on any atom is -0.507 e. The van der Waals surface area contributed by atoms with Crippen LogP contribution in [-0.2, 0) is 0 Å². The molecule has 92 valence electrons. The van der Waals surface area contributed by atoms with Gasteiger partial charge in [0.2, 0.25) is 5.95 Å². The maximum atomic E-state index is 11.9. The molecule has 6 heteroatoms. The van der Waals surface area contributed by atoms with Crippen molar-refractivity contribution in [3.05, 3.63) is 46.7 Å². The van der Waals surface area contributed by atoms with Crippen LogP contribution >= 0.6 is 11.6 Å². The van der Waals surface area contributed by atoms with Gasteiger partial charge in [0, 0.05) is 6.20 Å². The largest absolute Gasteiger partial charge is 0.507 e. The molecule has 1 heterocycles. The molecule has 0 radical (unpaired) electrons. The average Bonchev–Trinajstić information content (AvgIpc) is 2.32. The molecule has 0 aliphatic heterocycles. The third-order valence-electron chi connectivity index (χ3n) is 2.24. The summed E-state index contributed by atoms with van der Waals surface area (Å²) in [6.45, 7) is 1.83. The van der Waals surface area contributed by atoms with Crippen LogP contribution in [0.25, 0.3) is 0 Å². The molecule has 0 fully saturated rings. The molecule has 1 aromatic carbocycles. The number of nitrogens with zero attached hydrogens (tertiary/aromatic N) is 2. The molecular formula is C12H10ClN3O2. The van der Waals surface area contributed by atoms with Gasteiger partial charge in [-0.3, -0.25) is 10.1 Å². The van der Waals surface area contributed by atoms with E-state index in [-0.39, 0.29) is 22.4 Å². The highest BCUT2D eigenvalue weighted by molar-refractivity contribution is 6.29. The number of amides is 1. The predicted octanol–water partition coefficient (Wildman–Crippen LogP) is 2.40. The maximum absolute atomic E-state index is 11.9. The maximum Gasteiger partial charge on any atom is 0.261 e. The third kappa shape index (κ3) is 2.75. The fraction of sp³-hybridized carbons (Fsp3) is 0.0833. The molecular weight excluding hydrogens is 254 g/mol. The summed E-state index contributed by atoms with van der Waals surface area (Å²) in [6, 6.07) is 6.25. The number of aromatic hydroxyl groups is 1. The summed E-state index contributed by atoms with van der Waals surface area (Å²) in [5.74, 6) is -0.494. The van der Waals surface area contributed by atoms with Crippen LogP contribution in [0.4, 0.5) is 5.95 Å². The summed E-state index contributed by atoms with van der Waals surface area (Å²) in [6.07, 6.45) is 1.43. The van der Waals surface area contributed by atoms with E-state index >= 15 is 0 Å². The molecule has 2 N–H and O–H groups in total. The fourth-order valence-corrected chi connectivity index (χ4v) is 1.53. The zero-order valence-corrected chi connectivity index (χ0v) is 10.3. The second-order valence-corrected chi connectivity index (χ2v) is 4.06. The number of carbonyl (C=O) groups is 1. The summed E-state index contributed by atoms with van der Waals surface area (Å²) < 4.78 is 0. The molecule has 5 nitrogen and oxygen atoms in total. The van der Waals surface area contributed by atoms with E-state index in [1.165, 1.54) is 18.3 Å². The molecule has 1 aromatic heterocycles. The second-order valence-electron chi connectivity index (χ2n) is 3.68. The lowest BCUT2D eigenvalue weighted by molar-refractivity contribution is 0.102. The number of hydrogen-bond acceptors (Lipinski definition) is 4. The van der Waals surface area contributed by atoms with Crippen molar-refractivity contribution in [1.29, 1.82) is 0 Å². The SMILES string of the molecule is Cc1ccc(O)c(C(=O)Nc2nccc(Cl)n2)c1. The van der Waals surface area contributed by atoms with Gasteiger partial charge in [-0.05, 0) is 25.1 Å². The molecule has 2 rings (SSSR count). The van der Waals surface area contributed by atoms with Crippen molar-refractivity contribution < 1.29 is 9.90 Å². The van der Waals surface area contributed by atoms with Crippen molar-refractivity contribution in [2.75, 3.05) is 5.32 Å². The minimum atomic E-state index is -0.488. The number of aromatic nitrogens is 2. The predicted molar refractivity (Wildman–Crippen MR) is 67.8 cm³/mol. The molecule has 0 aliphatic rings. The first-order valence-corrected chi connectivity index (χ1v) is 5.53. The van der Waals surface area contributed by atoms with Crippen molar-refractivity contribution in [3.63, 3.8) is 0 Å². The first kappa shape index (κ1) is 12.3. The van der Waals surface area contributed by atoms with Crippen molar-refractivity contribution in [3.8, 4) is 5.75 Å². The zero-order valence-electron chi connectivity index (χ0n) is 9.51. The monoisotopic (exact) mass is 263 g/mol. The van der Waals surface area contributed by atoms with Gasteiger partial charge in [0.05, 0.1) is 5.56 Å². The molecule has 0 spiro atoms. The van der Waals surface area contributed by atoms with Gasteiger partial charge in [-0.2, -0.15) is 0 Å². The van der Waals surface area contributed by atoms with Crippen LogP contribution in [0.5, 0.6) is 5.75 Å². The fourth-order valence-electron chi connectivity index (χ4n) is 1.40. The zero-order chi connectivity index (χ0) is 13.1. The Bertz CT molecular complexity index is 602. The van der Waals surface area contributed by atoms with Crippen LogP contribution in [0.15, 0.2) is 30.5 Å². The van der Waals surface area contributed by atoms with Crippen molar-refractivity contribution in [1.82, 2.24) is 9.97 Å². The summed E-state index contributed by atoms with van der Waals surface area (Å²) in [7, 11) is 0. The Labute approximate surface area is 108 Å². The Morgan fingerprint density at radius 2 is 2.17 bits per heavy atom. The Balaban J connectivity index is 2.24. The van der Waals surface area contributed by atoms with E-state index < -0.39 is 5.91 Å². The number of benzene rings is 1. The van der Waals surface area contributed by atoms with Gasteiger partial charge < -0.3 is 5.11 Å². The lowest BCUT2D eigenvalue weighted by Gasteiger charge is -2.06. The van der Waals surface area contributed by atoms with Crippen molar-refractivity contribution >= 4 is 23.5 Å². The van der Waals surface area contributed by atoms with E-state index in [1.54, 1.807) is 12.1 Å². The molecule has 0 bridgehead atoms. The number of phenols is 1. The molecule has 1 amide bonds. The number of aryl methyl sites for hydroxylation is 1. The van der Waals surface area contributed by atoms with Crippen LogP contribution in [0.2, 0.25) is 5.15 Å². The van der Waals surface area contributed by atoms with E-state index in [0.29, 0.717) is 0 Å². The van der Waals surface area contributed by atoms with E-state index in [0.717, 1.165) is 5.56 Å². The third-order valence-corrected chi connectivity index (χ3v) is 2.45. The Morgan fingerprint density at radius 3 is 2.89 bits per heavy atom. The van der Waals surface area contributed by atoms with Gasteiger partial charge in [-0.25, -0.2) is 9.97 Å². The van der Waals surface area contributed by atoms with Crippen molar-refractivity contribution in [2.45, 2.75) is 6.92 Å². The number of halogens is 1. The number of nitrogens with one attached hydrogen (secondary N) is 1.